The van der Waals surface area contributed by atoms with E-state index < -0.39 is 0 Å². The van der Waals surface area contributed by atoms with Crippen molar-refractivity contribution in [2.75, 3.05) is 12.4 Å². The second-order valence-corrected chi connectivity index (χ2v) is 8.00. The van der Waals surface area contributed by atoms with Gasteiger partial charge in [-0.1, -0.05) is 55.6 Å². The molecule has 154 valence electrons. The number of amidine groups is 1. The highest BCUT2D eigenvalue weighted by Gasteiger charge is 2.29. The van der Waals surface area contributed by atoms with Crippen LogP contribution < -0.4 is 10.5 Å². The number of nitrogens with zero attached hydrogens (tertiary/aromatic N) is 2. The van der Waals surface area contributed by atoms with Gasteiger partial charge in [0.2, 0.25) is 0 Å². The lowest BCUT2D eigenvalue weighted by Crippen LogP contribution is -2.28. The molecular formula is C23H29N3O2S. The van der Waals surface area contributed by atoms with Gasteiger partial charge in [-0.3, -0.25) is 9.79 Å². The summed E-state index contributed by atoms with van der Waals surface area (Å²) in [4.78, 5) is 21.5. The molecule has 5 nitrogen and oxygen atoms in total. The van der Waals surface area contributed by atoms with Crippen molar-refractivity contribution in [3.05, 3.63) is 71.6 Å². The molecule has 0 bridgehead atoms. The molecular weight excluding hydrogens is 382 g/mol. The van der Waals surface area contributed by atoms with Gasteiger partial charge in [0.05, 0.1) is 11.7 Å². The van der Waals surface area contributed by atoms with Gasteiger partial charge in [-0.25, -0.2) is 4.98 Å². The third-order valence-corrected chi connectivity index (χ3v) is 5.51. The number of Topliss-reactive ketones (excluding diaryl/α,β-unsaturated/α-hetero) is 1. The maximum atomic E-state index is 12.6. The van der Waals surface area contributed by atoms with E-state index in [0.717, 1.165) is 23.3 Å². The number of carbonyl (C=O) groups is 1. The van der Waals surface area contributed by atoms with Gasteiger partial charge >= 0.3 is 0 Å². The summed E-state index contributed by atoms with van der Waals surface area (Å²) in [6.07, 6.45) is 6.64. The summed E-state index contributed by atoms with van der Waals surface area (Å²) in [5, 5.41) is 0.621. The van der Waals surface area contributed by atoms with Crippen LogP contribution in [0.5, 0.6) is 5.75 Å². The summed E-state index contributed by atoms with van der Waals surface area (Å²) in [6.45, 7) is 4.52. The van der Waals surface area contributed by atoms with Crippen LogP contribution in [0.25, 0.3) is 0 Å². The average molecular weight is 412 g/mol. The molecule has 1 aliphatic rings. The fraction of sp³-hybridized carbons (Fsp3) is 0.348. The van der Waals surface area contributed by atoms with Crippen molar-refractivity contribution in [1.82, 2.24) is 4.98 Å². The number of allylic oxidation sites excluding steroid dienone is 1. The zero-order chi connectivity index (χ0) is 20.0. The number of thioether (sulfide) groups is 1. The second kappa shape index (κ2) is 10.3. The topological polar surface area (TPSA) is 77.6 Å². The normalized spacial score (nSPS) is 18.8. The van der Waals surface area contributed by atoms with Crippen LogP contribution in [0.1, 0.15) is 49.3 Å². The third kappa shape index (κ3) is 5.94. The summed E-state index contributed by atoms with van der Waals surface area (Å²) >= 11 is 1.59. The lowest BCUT2D eigenvalue weighted by Gasteiger charge is -2.30. The SMILES string of the molecule is C.C/C=C/COc1ccc(C(=O)Cc2cccc([C@]3(C)CCSC(N)=N3)c2)nc1. The molecule has 2 N–H and O–H groups in total. The van der Waals surface area contributed by atoms with E-state index in [2.05, 4.69) is 29.0 Å². The Balaban J connectivity index is 0.00000300. The molecule has 0 fully saturated rings. The Morgan fingerprint density at radius 2 is 2.17 bits per heavy atom. The van der Waals surface area contributed by atoms with E-state index in [4.69, 9.17) is 10.5 Å². The Labute approximate surface area is 177 Å². The smallest absolute Gasteiger partial charge is 0.185 e. The Kier molecular flexibility index (Phi) is 8.02. The molecule has 0 spiro atoms. The van der Waals surface area contributed by atoms with Crippen molar-refractivity contribution in [3.8, 4) is 5.75 Å². The molecule has 6 heteroatoms. The van der Waals surface area contributed by atoms with Crippen LogP contribution in [0.3, 0.4) is 0 Å². The molecule has 0 amide bonds. The first-order valence-corrected chi connectivity index (χ1v) is 10.3. The molecule has 1 aromatic heterocycles. The first-order chi connectivity index (χ1) is 13.5. The van der Waals surface area contributed by atoms with Crippen LogP contribution in [0.15, 0.2) is 59.7 Å². The molecule has 0 aliphatic carbocycles. The molecule has 1 aromatic carbocycles. The molecule has 1 atom stereocenters. The summed E-state index contributed by atoms with van der Waals surface area (Å²) in [7, 11) is 0. The largest absolute Gasteiger partial charge is 0.488 e. The monoisotopic (exact) mass is 411 g/mol. The maximum Gasteiger partial charge on any atom is 0.185 e. The predicted octanol–water partition coefficient (Wildman–Crippen LogP) is 4.76. The lowest BCUT2D eigenvalue weighted by molar-refractivity contribution is 0.0988. The van der Waals surface area contributed by atoms with Crippen LogP contribution in [0, 0.1) is 0 Å². The maximum absolute atomic E-state index is 12.6. The van der Waals surface area contributed by atoms with Crippen molar-refractivity contribution in [2.45, 2.75) is 39.7 Å². The number of hydrogen-bond acceptors (Lipinski definition) is 6. The third-order valence-electron chi connectivity index (χ3n) is 4.71. The van der Waals surface area contributed by atoms with Gasteiger partial charge in [0.25, 0.3) is 0 Å². The zero-order valence-electron chi connectivity index (χ0n) is 16.2. The van der Waals surface area contributed by atoms with Gasteiger partial charge in [-0.2, -0.15) is 0 Å². The lowest BCUT2D eigenvalue weighted by atomic mass is 9.88. The predicted molar refractivity (Wildman–Crippen MR) is 122 cm³/mol. The molecule has 3 rings (SSSR count). The van der Waals surface area contributed by atoms with E-state index in [1.54, 1.807) is 30.1 Å². The van der Waals surface area contributed by atoms with Crippen LogP contribution in [0.4, 0.5) is 0 Å². The Bertz CT molecular complexity index is 893. The standard InChI is InChI=1S/C22H25N3O2S.CH4/c1-3-4-11-27-18-8-9-19(24-15-18)20(26)14-16-6-5-7-17(13-16)22(2)10-12-28-21(23)25-22;/h3-9,13,15H,10-12,14H2,1-2H3,(H2,23,25);1H4/b4-3+;/t22-;/m0./s1. The van der Waals surface area contributed by atoms with E-state index >= 15 is 0 Å². The van der Waals surface area contributed by atoms with E-state index in [9.17, 15) is 4.79 Å². The number of aromatic nitrogens is 1. The number of hydrogen-bond donors (Lipinski definition) is 1. The minimum Gasteiger partial charge on any atom is -0.488 e. The van der Waals surface area contributed by atoms with Crippen molar-refractivity contribution in [3.63, 3.8) is 0 Å². The van der Waals surface area contributed by atoms with Gasteiger partial charge in [-0.05, 0) is 43.5 Å². The second-order valence-electron chi connectivity index (χ2n) is 6.88. The first-order valence-electron chi connectivity index (χ1n) is 9.31. The molecule has 0 saturated heterocycles. The number of aliphatic imine (C=N–C) groups is 1. The van der Waals surface area contributed by atoms with Crippen LogP contribution in [0.2, 0.25) is 0 Å². The summed E-state index contributed by atoms with van der Waals surface area (Å²) in [6, 6.07) is 11.5. The number of nitrogens with two attached hydrogens (primary N) is 1. The molecule has 1 aliphatic heterocycles. The van der Waals surface area contributed by atoms with Gasteiger partial charge in [0, 0.05) is 12.2 Å². The van der Waals surface area contributed by atoms with Crippen molar-refractivity contribution in [1.29, 1.82) is 0 Å². The van der Waals surface area contributed by atoms with Crippen molar-refractivity contribution < 1.29 is 9.53 Å². The molecule has 2 aromatic rings. The van der Waals surface area contributed by atoms with Crippen molar-refractivity contribution in [2.24, 2.45) is 10.7 Å². The van der Waals surface area contributed by atoms with Gasteiger partial charge < -0.3 is 10.5 Å². The molecule has 29 heavy (non-hydrogen) atoms. The molecule has 0 radical (unpaired) electrons. The fourth-order valence-corrected chi connectivity index (χ4v) is 4.03. The number of benzene rings is 1. The van der Waals surface area contributed by atoms with Gasteiger partial charge in [0.15, 0.2) is 11.0 Å². The number of rotatable bonds is 7. The molecule has 0 unspecified atom stereocenters. The average Bonchev–Trinajstić information content (AvgIpc) is 2.69. The number of pyridine rings is 1. The highest BCUT2D eigenvalue weighted by molar-refractivity contribution is 8.13. The van der Waals surface area contributed by atoms with Crippen LogP contribution in [-0.4, -0.2) is 28.3 Å². The Morgan fingerprint density at radius 1 is 1.34 bits per heavy atom. The number of carbonyl (C=O) groups excluding carboxylic acids is 1. The summed E-state index contributed by atoms with van der Waals surface area (Å²) in [5.41, 5.74) is 8.07. The van der Waals surface area contributed by atoms with Crippen molar-refractivity contribution >= 4 is 22.7 Å². The fourth-order valence-electron chi connectivity index (χ4n) is 3.06. The van der Waals surface area contributed by atoms with Gasteiger partial charge in [0.1, 0.15) is 18.1 Å². The van der Waals surface area contributed by atoms with Gasteiger partial charge in [-0.15, -0.1) is 0 Å². The minimum atomic E-state index is -0.335. The Hall–Kier alpha value is -2.60. The van der Waals surface area contributed by atoms with E-state index in [-0.39, 0.29) is 18.7 Å². The zero-order valence-corrected chi connectivity index (χ0v) is 17.0. The number of ketones is 1. The summed E-state index contributed by atoms with van der Waals surface area (Å²) in [5.74, 6) is 1.57. The summed E-state index contributed by atoms with van der Waals surface area (Å²) < 4.78 is 5.52. The minimum absolute atomic E-state index is 0. The quantitative estimate of drug-likeness (QED) is 0.525. The first kappa shape index (κ1) is 22.7. The molecule has 2 heterocycles. The van der Waals surface area contributed by atoms with Crippen LogP contribution in [-0.2, 0) is 12.0 Å². The number of ether oxygens (including phenoxy) is 1. The molecule has 0 saturated carbocycles. The highest BCUT2D eigenvalue weighted by Crippen LogP contribution is 2.35. The van der Waals surface area contributed by atoms with E-state index in [1.807, 2.05) is 31.2 Å². The van der Waals surface area contributed by atoms with E-state index in [0.29, 0.717) is 29.6 Å². The van der Waals surface area contributed by atoms with Crippen LogP contribution >= 0.6 is 11.8 Å². The van der Waals surface area contributed by atoms with E-state index in [1.165, 1.54) is 0 Å². The Morgan fingerprint density at radius 3 is 2.86 bits per heavy atom. The highest BCUT2D eigenvalue weighted by atomic mass is 32.2.